The second-order valence-corrected chi connectivity index (χ2v) is 5.70. The molecule has 3 heterocycles. The lowest BCUT2D eigenvalue weighted by atomic mass is 10.0. The van der Waals surface area contributed by atoms with Crippen molar-refractivity contribution in [3.63, 3.8) is 0 Å². The van der Waals surface area contributed by atoms with E-state index in [4.69, 9.17) is 4.74 Å². The molecule has 2 fully saturated rings. The van der Waals surface area contributed by atoms with Crippen LogP contribution in [0.15, 0.2) is 18.5 Å². The van der Waals surface area contributed by atoms with Crippen LogP contribution in [0.5, 0.6) is 0 Å². The molecule has 0 spiro atoms. The van der Waals surface area contributed by atoms with Gasteiger partial charge in [0.15, 0.2) is 0 Å². The number of amides is 1. The van der Waals surface area contributed by atoms with Crippen LogP contribution >= 0.6 is 0 Å². The van der Waals surface area contributed by atoms with Gasteiger partial charge in [-0.15, -0.1) is 0 Å². The molecule has 0 aliphatic carbocycles. The molecule has 0 unspecified atom stereocenters. The van der Waals surface area contributed by atoms with Crippen LogP contribution in [-0.2, 0) is 9.53 Å². The van der Waals surface area contributed by atoms with Crippen LogP contribution in [0.25, 0.3) is 0 Å². The molecule has 1 aromatic rings. The normalized spacial score (nSPS) is 23.1. The Hall–Kier alpha value is -1.69. The summed E-state index contributed by atoms with van der Waals surface area (Å²) in [5.74, 6) is 1.44. The van der Waals surface area contributed by atoms with Crippen molar-refractivity contribution in [3.05, 3.63) is 18.5 Å². The Morgan fingerprint density at radius 3 is 2.86 bits per heavy atom. The van der Waals surface area contributed by atoms with Crippen LogP contribution in [0.2, 0.25) is 0 Å². The molecular weight excluding hydrogens is 268 g/mol. The van der Waals surface area contributed by atoms with Crippen molar-refractivity contribution in [2.45, 2.75) is 19.3 Å². The number of hydrogen-bond acceptors (Lipinski definition) is 5. The molecule has 2 aliphatic rings. The standard InChI is InChI=1S/C15H22N4O2/c20-14(11-13-3-10-21-12-13)18-6-2-7-19(9-8-18)15-16-4-1-5-17-15/h1,4-5,13H,2-3,6-12H2/t13-/m1/s1. The average molecular weight is 290 g/mol. The highest BCUT2D eigenvalue weighted by molar-refractivity contribution is 5.76. The van der Waals surface area contributed by atoms with Crippen molar-refractivity contribution in [2.24, 2.45) is 5.92 Å². The van der Waals surface area contributed by atoms with E-state index in [1.807, 2.05) is 11.0 Å². The van der Waals surface area contributed by atoms with Crippen molar-refractivity contribution in [2.75, 3.05) is 44.3 Å². The molecule has 0 saturated carbocycles. The van der Waals surface area contributed by atoms with Crippen molar-refractivity contribution < 1.29 is 9.53 Å². The predicted molar refractivity (Wildman–Crippen MR) is 79.0 cm³/mol. The van der Waals surface area contributed by atoms with E-state index in [0.717, 1.165) is 58.2 Å². The van der Waals surface area contributed by atoms with E-state index in [2.05, 4.69) is 14.9 Å². The molecule has 6 nitrogen and oxygen atoms in total. The first-order valence-electron chi connectivity index (χ1n) is 7.70. The van der Waals surface area contributed by atoms with Gasteiger partial charge in [0.25, 0.3) is 0 Å². The van der Waals surface area contributed by atoms with Gasteiger partial charge in [0.1, 0.15) is 0 Å². The highest BCUT2D eigenvalue weighted by Crippen LogP contribution is 2.18. The summed E-state index contributed by atoms with van der Waals surface area (Å²) in [6.07, 6.45) is 6.13. The van der Waals surface area contributed by atoms with E-state index in [0.29, 0.717) is 12.3 Å². The quantitative estimate of drug-likeness (QED) is 0.829. The van der Waals surface area contributed by atoms with E-state index in [9.17, 15) is 4.79 Å². The van der Waals surface area contributed by atoms with E-state index in [1.165, 1.54) is 0 Å². The molecule has 0 radical (unpaired) electrons. The zero-order valence-electron chi connectivity index (χ0n) is 12.3. The van der Waals surface area contributed by atoms with Crippen LogP contribution in [0.4, 0.5) is 5.95 Å². The van der Waals surface area contributed by atoms with Crippen LogP contribution in [0.3, 0.4) is 0 Å². The highest BCUT2D eigenvalue weighted by atomic mass is 16.5. The lowest BCUT2D eigenvalue weighted by Gasteiger charge is -2.23. The minimum Gasteiger partial charge on any atom is -0.381 e. The molecule has 21 heavy (non-hydrogen) atoms. The number of hydrogen-bond donors (Lipinski definition) is 0. The Bertz CT molecular complexity index is 462. The van der Waals surface area contributed by atoms with E-state index >= 15 is 0 Å². The molecule has 0 N–H and O–H groups in total. The first-order chi connectivity index (χ1) is 10.3. The van der Waals surface area contributed by atoms with Gasteiger partial charge in [0.2, 0.25) is 11.9 Å². The Balaban J connectivity index is 1.54. The summed E-state index contributed by atoms with van der Waals surface area (Å²) >= 11 is 0. The summed E-state index contributed by atoms with van der Waals surface area (Å²) in [4.78, 5) is 25.1. The van der Waals surface area contributed by atoms with Crippen LogP contribution < -0.4 is 4.90 Å². The third-order valence-electron chi connectivity index (χ3n) is 4.17. The number of rotatable bonds is 3. The molecule has 1 atom stereocenters. The first kappa shape index (κ1) is 14.3. The van der Waals surface area contributed by atoms with Crippen LogP contribution in [-0.4, -0.2) is 60.2 Å². The SMILES string of the molecule is O=C(C[C@H]1CCOC1)N1CCCN(c2ncccn2)CC1. The molecule has 2 aliphatic heterocycles. The second-order valence-electron chi connectivity index (χ2n) is 5.70. The maximum absolute atomic E-state index is 12.4. The number of ether oxygens (including phenoxy) is 1. The monoisotopic (exact) mass is 290 g/mol. The van der Waals surface area contributed by atoms with Crippen molar-refractivity contribution in [3.8, 4) is 0 Å². The summed E-state index contributed by atoms with van der Waals surface area (Å²) in [6.45, 7) is 4.83. The highest BCUT2D eigenvalue weighted by Gasteiger charge is 2.24. The molecule has 0 aromatic carbocycles. The molecule has 2 saturated heterocycles. The van der Waals surface area contributed by atoms with Gasteiger partial charge in [0, 0.05) is 58.2 Å². The van der Waals surface area contributed by atoms with Crippen molar-refractivity contribution in [1.29, 1.82) is 0 Å². The zero-order chi connectivity index (χ0) is 14.5. The van der Waals surface area contributed by atoms with E-state index < -0.39 is 0 Å². The topological polar surface area (TPSA) is 58.6 Å². The van der Waals surface area contributed by atoms with Gasteiger partial charge in [-0.05, 0) is 24.8 Å². The zero-order valence-corrected chi connectivity index (χ0v) is 12.3. The molecule has 1 amide bonds. The number of carbonyl (C=O) groups is 1. The predicted octanol–water partition coefficient (Wildman–Crippen LogP) is 0.942. The first-order valence-corrected chi connectivity index (χ1v) is 7.70. The average Bonchev–Trinajstić information content (AvgIpc) is 2.89. The fraction of sp³-hybridized carbons (Fsp3) is 0.667. The Morgan fingerprint density at radius 2 is 2.10 bits per heavy atom. The number of aromatic nitrogens is 2. The lowest BCUT2D eigenvalue weighted by Crippen LogP contribution is -2.36. The minimum absolute atomic E-state index is 0.265. The van der Waals surface area contributed by atoms with E-state index in [1.54, 1.807) is 12.4 Å². The van der Waals surface area contributed by atoms with E-state index in [-0.39, 0.29) is 5.91 Å². The summed E-state index contributed by atoms with van der Waals surface area (Å²) in [6, 6.07) is 1.82. The van der Waals surface area contributed by atoms with Gasteiger partial charge >= 0.3 is 0 Å². The Labute approximate surface area is 125 Å². The second kappa shape index (κ2) is 6.85. The minimum atomic E-state index is 0.265. The van der Waals surface area contributed by atoms with Gasteiger partial charge < -0.3 is 14.5 Å². The summed E-state index contributed by atoms with van der Waals surface area (Å²) in [7, 11) is 0. The third kappa shape index (κ3) is 3.69. The molecule has 3 rings (SSSR count). The smallest absolute Gasteiger partial charge is 0.225 e. The summed E-state index contributed by atoms with van der Waals surface area (Å²) in [5, 5.41) is 0. The molecular formula is C15H22N4O2. The van der Waals surface area contributed by atoms with Gasteiger partial charge in [-0.1, -0.05) is 0 Å². The fourth-order valence-electron chi connectivity index (χ4n) is 2.94. The Kier molecular flexibility index (Phi) is 4.65. The number of carbonyl (C=O) groups excluding carboxylic acids is 1. The summed E-state index contributed by atoms with van der Waals surface area (Å²) in [5.41, 5.74) is 0. The molecule has 6 heteroatoms. The lowest BCUT2D eigenvalue weighted by molar-refractivity contribution is -0.132. The molecule has 0 bridgehead atoms. The Morgan fingerprint density at radius 1 is 1.24 bits per heavy atom. The maximum atomic E-state index is 12.4. The van der Waals surface area contributed by atoms with Crippen LogP contribution in [0.1, 0.15) is 19.3 Å². The third-order valence-corrected chi connectivity index (χ3v) is 4.17. The maximum Gasteiger partial charge on any atom is 0.225 e. The number of anilines is 1. The largest absolute Gasteiger partial charge is 0.381 e. The van der Waals surface area contributed by atoms with Gasteiger partial charge in [0.05, 0.1) is 0 Å². The van der Waals surface area contributed by atoms with Gasteiger partial charge in [-0.3, -0.25) is 4.79 Å². The number of nitrogens with zero attached hydrogens (tertiary/aromatic N) is 4. The summed E-state index contributed by atoms with van der Waals surface area (Å²) < 4.78 is 5.35. The van der Waals surface area contributed by atoms with Gasteiger partial charge in [-0.2, -0.15) is 0 Å². The van der Waals surface area contributed by atoms with Crippen molar-refractivity contribution in [1.82, 2.24) is 14.9 Å². The van der Waals surface area contributed by atoms with Gasteiger partial charge in [-0.25, -0.2) is 9.97 Å². The molecule has 114 valence electrons. The van der Waals surface area contributed by atoms with Crippen LogP contribution in [0, 0.1) is 5.92 Å². The fourth-order valence-corrected chi connectivity index (χ4v) is 2.94. The van der Waals surface area contributed by atoms with Crippen molar-refractivity contribution >= 4 is 11.9 Å². The molecule has 1 aromatic heterocycles.